The minimum Gasteiger partial charge on any atom is -0.337 e. The summed E-state index contributed by atoms with van der Waals surface area (Å²) in [5.74, 6) is 0.0796. The fraction of sp³-hybridized carbons (Fsp3) is 0.440. The van der Waals surface area contributed by atoms with Gasteiger partial charge in [-0.2, -0.15) is 0 Å². The van der Waals surface area contributed by atoms with Crippen molar-refractivity contribution in [1.82, 2.24) is 14.8 Å². The van der Waals surface area contributed by atoms with E-state index in [-0.39, 0.29) is 29.7 Å². The zero-order valence-corrected chi connectivity index (χ0v) is 21.4. The summed E-state index contributed by atoms with van der Waals surface area (Å²) in [5.41, 5.74) is 2.70. The molecule has 1 aliphatic heterocycles. The van der Waals surface area contributed by atoms with Crippen molar-refractivity contribution in [2.24, 2.45) is 5.92 Å². The highest BCUT2D eigenvalue weighted by Gasteiger charge is 2.30. The number of thiazole rings is 1. The van der Waals surface area contributed by atoms with Crippen LogP contribution in [0.25, 0.3) is 0 Å². The predicted octanol–water partition coefficient (Wildman–Crippen LogP) is 4.51. The van der Waals surface area contributed by atoms with E-state index >= 15 is 0 Å². The molecule has 0 radical (unpaired) electrons. The number of carbonyl (C=O) groups excluding carboxylic acids is 3. The zero-order valence-electron chi connectivity index (χ0n) is 19.8. The predicted molar refractivity (Wildman–Crippen MR) is 135 cm³/mol. The van der Waals surface area contributed by atoms with Crippen LogP contribution < -0.4 is 5.32 Å². The van der Waals surface area contributed by atoms with Gasteiger partial charge in [-0.25, -0.2) is 4.98 Å². The molecule has 2 fully saturated rings. The Morgan fingerprint density at radius 1 is 1.24 bits per heavy atom. The van der Waals surface area contributed by atoms with E-state index in [9.17, 15) is 14.4 Å². The standard InChI is InChI=1S/C25H30N4O3S2/c1-5-21(30)29-10-6-9-28(14-16(29)3)24(32)20-12-19(11-15(2)17(20)4)33-22-13-26-25(34-22)27-23(31)18-7-8-18/h5,11-13,16,18H,1,6-10,14H2,2-4H3,(H,26,27,31)/t16-/m1/s1. The van der Waals surface area contributed by atoms with Gasteiger partial charge in [-0.15, -0.1) is 0 Å². The maximum absolute atomic E-state index is 13.6. The Morgan fingerprint density at radius 2 is 2.00 bits per heavy atom. The molecule has 2 aliphatic rings. The highest BCUT2D eigenvalue weighted by atomic mass is 32.2. The molecule has 0 bridgehead atoms. The molecule has 1 saturated heterocycles. The van der Waals surface area contributed by atoms with E-state index in [2.05, 4.69) is 22.9 Å². The number of nitrogens with one attached hydrogen (secondary N) is 1. The summed E-state index contributed by atoms with van der Waals surface area (Å²) in [4.78, 5) is 46.6. The van der Waals surface area contributed by atoms with Crippen LogP contribution in [0.2, 0.25) is 0 Å². The molecule has 0 spiro atoms. The number of hydrogen-bond donors (Lipinski definition) is 1. The summed E-state index contributed by atoms with van der Waals surface area (Å²) in [6, 6.07) is 3.95. The van der Waals surface area contributed by atoms with Crippen LogP contribution >= 0.6 is 23.1 Å². The lowest BCUT2D eigenvalue weighted by Crippen LogP contribution is -2.43. The van der Waals surface area contributed by atoms with Crippen molar-refractivity contribution in [2.45, 2.75) is 55.2 Å². The Balaban J connectivity index is 1.49. The summed E-state index contributed by atoms with van der Waals surface area (Å²) >= 11 is 2.98. The molecule has 3 amide bonds. The molecule has 9 heteroatoms. The molecule has 1 saturated carbocycles. The molecule has 2 aromatic rings. The average molecular weight is 499 g/mol. The number of anilines is 1. The quantitative estimate of drug-likeness (QED) is 0.593. The molecule has 1 aromatic heterocycles. The summed E-state index contributed by atoms with van der Waals surface area (Å²) in [5, 5.41) is 3.50. The fourth-order valence-electron chi connectivity index (χ4n) is 4.10. The van der Waals surface area contributed by atoms with Crippen LogP contribution in [-0.2, 0) is 9.59 Å². The maximum atomic E-state index is 13.6. The first-order valence-electron chi connectivity index (χ1n) is 11.5. The Hall–Kier alpha value is -2.65. The van der Waals surface area contributed by atoms with E-state index < -0.39 is 0 Å². The van der Waals surface area contributed by atoms with Crippen LogP contribution in [0.3, 0.4) is 0 Å². The normalized spacial score (nSPS) is 18.4. The third-order valence-corrected chi connectivity index (χ3v) is 8.33. The number of aryl methyl sites for hydroxylation is 1. The van der Waals surface area contributed by atoms with Crippen molar-refractivity contribution < 1.29 is 14.4 Å². The third-order valence-electron chi connectivity index (χ3n) is 6.34. The van der Waals surface area contributed by atoms with Crippen molar-refractivity contribution in [3.63, 3.8) is 0 Å². The van der Waals surface area contributed by atoms with Crippen molar-refractivity contribution >= 4 is 46.0 Å². The van der Waals surface area contributed by atoms with Crippen LogP contribution in [0.5, 0.6) is 0 Å². The lowest BCUT2D eigenvalue weighted by molar-refractivity contribution is -0.127. The fourth-order valence-corrected chi connectivity index (χ4v) is 6.10. The van der Waals surface area contributed by atoms with Crippen LogP contribution in [0.15, 0.2) is 40.1 Å². The van der Waals surface area contributed by atoms with E-state index in [4.69, 9.17) is 0 Å². The van der Waals surface area contributed by atoms with Gasteiger partial charge in [0.15, 0.2) is 5.13 Å². The number of amides is 3. The minimum atomic E-state index is -0.0931. The van der Waals surface area contributed by atoms with Gasteiger partial charge in [-0.3, -0.25) is 14.4 Å². The molecule has 1 atom stereocenters. The third kappa shape index (κ3) is 5.52. The molecular weight excluding hydrogens is 468 g/mol. The number of nitrogens with zero attached hydrogens (tertiary/aromatic N) is 3. The second-order valence-corrected chi connectivity index (χ2v) is 11.4. The zero-order chi connectivity index (χ0) is 24.4. The first-order valence-corrected chi connectivity index (χ1v) is 13.2. The number of carbonyl (C=O) groups is 3. The maximum Gasteiger partial charge on any atom is 0.254 e. The summed E-state index contributed by atoms with van der Waals surface area (Å²) in [6.45, 7) is 11.3. The molecular formula is C25H30N4O3S2. The highest BCUT2D eigenvalue weighted by molar-refractivity contribution is 8.01. The number of benzene rings is 1. The average Bonchev–Trinajstić information content (AvgIpc) is 3.60. The van der Waals surface area contributed by atoms with Crippen LogP contribution in [0.4, 0.5) is 5.13 Å². The second-order valence-electron chi connectivity index (χ2n) is 8.95. The molecule has 0 unspecified atom stereocenters. The monoisotopic (exact) mass is 498 g/mol. The summed E-state index contributed by atoms with van der Waals surface area (Å²) in [7, 11) is 0. The van der Waals surface area contributed by atoms with Gasteiger partial charge in [0.05, 0.1) is 10.4 Å². The van der Waals surface area contributed by atoms with Gasteiger partial charge in [-0.05, 0) is 69.4 Å². The summed E-state index contributed by atoms with van der Waals surface area (Å²) < 4.78 is 0.953. The van der Waals surface area contributed by atoms with Gasteiger partial charge in [0.2, 0.25) is 11.8 Å². The van der Waals surface area contributed by atoms with Gasteiger partial charge in [0.1, 0.15) is 0 Å². The number of hydrogen-bond acceptors (Lipinski definition) is 6. The number of aromatic nitrogens is 1. The van der Waals surface area contributed by atoms with Crippen molar-refractivity contribution in [3.05, 3.63) is 47.7 Å². The second kappa shape index (κ2) is 10.3. The molecule has 34 heavy (non-hydrogen) atoms. The molecule has 1 aromatic carbocycles. The first kappa shape index (κ1) is 24.5. The Kier molecular flexibility index (Phi) is 7.42. The van der Waals surface area contributed by atoms with Gasteiger partial charge < -0.3 is 15.1 Å². The lowest BCUT2D eigenvalue weighted by atomic mass is 10.0. The number of rotatable bonds is 6. The van der Waals surface area contributed by atoms with Gasteiger partial charge in [0.25, 0.3) is 5.91 Å². The van der Waals surface area contributed by atoms with Crippen LogP contribution in [0, 0.1) is 19.8 Å². The van der Waals surface area contributed by atoms with Crippen LogP contribution in [-0.4, -0.2) is 58.2 Å². The van der Waals surface area contributed by atoms with E-state index in [1.807, 2.05) is 31.7 Å². The smallest absolute Gasteiger partial charge is 0.254 e. The van der Waals surface area contributed by atoms with Gasteiger partial charge in [-0.1, -0.05) is 29.7 Å². The van der Waals surface area contributed by atoms with Crippen molar-refractivity contribution in [2.75, 3.05) is 25.0 Å². The molecule has 180 valence electrons. The van der Waals surface area contributed by atoms with Crippen LogP contribution in [0.1, 0.15) is 47.7 Å². The van der Waals surface area contributed by atoms with Gasteiger partial charge >= 0.3 is 0 Å². The topological polar surface area (TPSA) is 82.6 Å². The van der Waals surface area contributed by atoms with Gasteiger partial charge in [0, 0.05) is 42.1 Å². The highest BCUT2D eigenvalue weighted by Crippen LogP contribution is 2.37. The molecule has 2 heterocycles. The van der Waals surface area contributed by atoms with E-state index in [0.717, 1.165) is 39.5 Å². The Bertz CT molecular complexity index is 1130. The SMILES string of the molecule is C=CC(=O)N1CCCN(C(=O)c2cc(Sc3cnc(NC(=O)C4CC4)s3)cc(C)c2C)C[C@H]1C. The molecule has 1 N–H and O–H groups in total. The summed E-state index contributed by atoms with van der Waals surface area (Å²) in [6.07, 6.45) is 5.74. The lowest BCUT2D eigenvalue weighted by Gasteiger charge is -2.28. The van der Waals surface area contributed by atoms with E-state index in [1.54, 1.807) is 22.9 Å². The van der Waals surface area contributed by atoms with E-state index in [1.165, 1.54) is 17.4 Å². The largest absolute Gasteiger partial charge is 0.337 e. The molecule has 7 nitrogen and oxygen atoms in total. The Labute approximate surface area is 208 Å². The van der Waals surface area contributed by atoms with Crippen molar-refractivity contribution in [1.29, 1.82) is 0 Å². The molecule has 4 rings (SSSR count). The first-order chi connectivity index (χ1) is 16.3. The molecule has 1 aliphatic carbocycles. The Morgan fingerprint density at radius 3 is 2.71 bits per heavy atom. The van der Waals surface area contributed by atoms with Crippen molar-refractivity contribution in [3.8, 4) is 0 Å². The minimum absolute atomic E-state index is 0.00973. The van der Waals surface area contributed by atoms with E-state index in [0.29, 0.717) is 30.3 Å².